The average Bonchev–Trinajstić information content (AvgIpc) is 2.61. The molecule has 1 fully saturated rings. The second-order valence-electron chi connectivity index (χ2n) is 6.94. The molecule has 0 saturated carbocycles. The molecular weight excluding hydrogens is 332 g/mol. The van der Waals surface area contributed by atoms with Crippen LogP contribution in [0.3, 0.4) is 0 Å². The summed E-state index contributed by atoms with van der Waals surface area (Å²) in [6, 6.07) is 6.91. The van der Waals surface area contributed by atoms with Crippen LogP contribution in [0.25, 0.3) is 0 Å². The molecule has 2 atom stereocenters. The maximum Gasteiger partial charge on any atom is 0.305 e. The maximum atomic E-state index is 12.8. The first kappa shape index (κ1) is 19.9. The van der Waals surface area contributed by atoms with Gasteiger partial charge in [0.15, 0.2) is 0 Å². The Morgan fingerprint density at radius 2 is 2.04 bits per heavy atom. The summed E-state index contributed by atoms with van der Waals surface area (Å²) < 4.78 is 0. The predicted octanol–water partition coefficient (Wildman–Crippen LogP) is 2.67. The largest absolute Gasteiger partial charge is 0.481 e. The van der Waals surface area contributed by atoms with E-state index in [1.807, 2.05) is 38.1 Å². The number of rotatable bonds is 7. The highest BCUT2D eigenvalue weighted by molar-refractivity contribution is 5.82. The van der Waals surface area contributed by atoms with Crippen molar-refractivity contribution in [2.24, 2.45) is 5.92 Å². The first-order valence-corrected chi connectivity index (χ1v) is 9.27. The van der Waals surface area contributed by atoms with Gasteiger partial charge in [-0.15, -0.1) is 0 Å². The summed E-state index contributed by atoms with van der Waals surface area (Å²) in [7, 11) is 0. The Morgan fingerprint density at radius 1 is 1.31 bits per heavy atom. The third kappa shape index (κ3) is 5.31. The van der Waals surface area contributed by atoms with Crippen molar-refractivity contribution in [1.29, 1.82) is 0 Å². The van der Waals surface area contributed by atoms with Crippen LogP contribution in [0.4, 0.5) is 0 Å². The highest BCUT2D eigenvalue weighted by Crippen LogP contribution is 2.23. The van der Waals surface area contributed by atoms with Gasteiger partial charge in [0.05, 0.1) is 18.4 Å². The minimum absolute atomic E-state index is 0.0889. The molecule has 0 bridgehead atoms. The standard InChI is InChI=1S/C20H28N2O4/c1-3-7-18(23)22-11-6-9-15(13-22)20(26)21-17(12-19(24)25)16-10-5-4-8-14(16)2/h4-5,8,10,15,17H,3,6-7,9,11-13H2,1-2H3,(H,21,26)(H,24,25). The van der Waals surface area contributed by atoms with Crippen molar-refractivity contribution < 1.29 is 19.5 Å². The third-order valence-corrected chi connectivity index (χ3v) is 4.87. The quantitative estimate of drug-likeness (QED) is 0.783. The van der Waals surface area contributed by atoms with E-state index in [1.165, 1.54) is 0 Å². The summed E-state index contributed by atoms with van der Waals surface area (Å²) in [5.74, 6) is -1.33. The van der Waals surface area contributed by atoms with Crippen molar-refractivity contribution in [2.75, 3.05) is 13.1 Å². The molecule has 0 spiro atoms. The number of carboxylic acid groups (broad SMARTS) is 1. The molecule has 26 heavy (non-hydrogen) atoms. The zero-order chi connectivity index (χ0) is 19.1. The fourth-order valence-corrected chi connectivity index (χ4v) is 3.47. The van der Waals surface area contributed by atoms with Gasteiger partial charge in [-0.25, -0.2) is 0 Å². The monoisotopic (exact) mass is 360 g/mol. The number of aliphatic carboxylic acids is 1. The number of amides is 2. The second kappa shape index (κ2) is 9.36. The lowest BCUT2D eigenvalue weighted by atomic mass is 9.94. The fourth-order valence-electron chi connectivity index (χ4n) is 3.47. The summed E-state index contributed by atoms with van der Waals surface area (Å²) in [5.41, 5.74) is 1.76. The number of carbonyl (C=O) groups excluding carboxylic acids is 2. The Balaban J connectivity index is 2.08. The molecule has 2 unspecified atom stereocenters. The fraction of sp³-hybridized carbons (Fsp3) is 0.550. The number of hydrogen-bond acceptors (Lipinski definition) is 3. The van der Waals surface area contributed by atoms with Gasteiger partial charge in [-0.1, -0.05) is 31.2 Å². The van der Waals surface area contributed by atoms with Gasteiger partial charge < -0.3 is 15.3 Å². The zero-order valence-electron chi connectivity index (χ0n) is 15.5. The number of nitrogens with zero attached hydrogens (tertiary/aromatic N) is 1. The number of piperidine rings is 1. The van der Waals surface area contributed by atoms with E-state index in [0.29, 0.717) is 19.5 Å². The Bertz CT molecular complexity index is 659. The van der Waals surface area contributed by atoms with Crippen LogP contribution < -0.4 is 5.32 Å². The number of carbonyl (C=O) groups is 3. The molecule has 0 aromatic heterocycles. The number of aryl methyl sites for hydroxylation is 1. The SMILES string of the molecule is CCCC(=O)N1CCCC(C(=O)NC(CC(=O)O)c2ccccc2C)C1. The third-order valence-electron chi connectivity index (χ3n) is 4.87. The molecule has 1 aromatic carbocycles. The van der Waals surface area contributed by atoms with Crippen LogP contribution in [-0.4, -0.2) is 40.9 Å². The van der Waals surface area contributed by atoms with Gasteiger partial charge in [0.1, 0.15) is 0 Å². The first-order valence-electron chi connectivity index (χ1n) is 9.27. The highest BCUT2D eigenvalue weighted by atomic mass is 16.4. The van der Waals surface area contributed by atoms with Crippen molar-refractivity contribution in [2.45, 2.75) is 52.0 Å². The molecule has 2 N–H and O–H groups in total. The van der Waals surface area contributed by atoms with E-state index in [2.05, 4.69) is 5.32 Å². The van der Waals surface area contributed by atoms with E-state index < -0.39 is 12.0 Å². The van der Waals surface area contributed by atoms with Crippen molar-refractivity contribution >= 4 is 17.8 Å². The molecule has 1 saturated heterocycles. The molecule has 2 rings (SSSR count). The molecule has 1 aromatic rings. The molecule has 0 radical (unpaired) electrons. The lowest BCUT2D eigenvalue weighted by molar-refractivity contribution is -0.138. The number of hydrogen-bond donors (Lipinski definition) is 2. The smallest absolute Gasteiger partial charge is 0.305 e. The Hall–Kier alpha value is -2.37. The molecule has 142 valence electrons. The van der Waals surface area contributed by atoms with Gasteiger partial charge in [-0.05, 0) is 37.3 Å². The first-order chi connectivity index (χ1) is 12.4. The maximum absolute atomic E-state index is 12.8. The molecule has 6 nitrogen and oxygen atoms in total. The van der Waals surface area contributed by atoms with Crippen molar-refractivity contribution in [3.8, 4) is 0 Å². The van der Waals surface area contributed by atoms with Crippen LogP contribution in [0.5, 0.6) is 0 Å². The molecule has 2 amide bonds. The summed E-state index contributed by atoms with van der Waals surface area (Å²) in [6.45, 7) is 4.98. The molecular formula is C20H28N2O4. The van der Waals surface area contributed by atoms with Crippen LogP contribution in [0.15, 0.2) is 24.3 Å². The van der Waals surface area contributed by atoms with Crippen LogP contribution in [0.1, 0.15) is 56.2 Å². The number of carboxylic acids is 1. The summed E-state index contributed by atoms with van der Waals surface area (Å²) in [4.78, 5) is 37.9. The highest BCUT2D eigenvalue weighted by Gasteiger charge is 2.30. The molecule has 1 heterocycles. The van der Waals surface area contributed by atoms with E-state index in [-0.39, 0.29) is 24.2 Å². The Morgan fingerprint density at radius 3 is 2.69 bits per heavy atom. The summed E-state index contributed by atoms with van der Waals surface area (Å²) in [6.07, 6.45) is 2.64. The van der Waals surface area contributed by atoms with Gasteiger partial charge in [0.25, 0.3) is 0 Å². The van der Waals surface area contributed by atoms with Crippen LogP contribution >= 0.6 is 0 Å². The topological polar surface area (TPSA) is 86.7 Å². The number of likely N-dealkylation sites (tertiary alicyclic amines) is 1. The van der Waals surface area contributed by atoms with Gasteiger partial charge in [0.2, 0.25) is 11.8 Å². The predicted molar refractivity (Wildman–Crippen MR) is 98.5 cm³/mol. The Labute approximate surface area is 154 Å². The second-order valence-corrected chi connectivity index (χ2v) is 6.94. The van der Waals surface area contributed by atoms with E-state index in [9.17, 15) is 19.5 Å². The van der Waals surface area contributed by atoms with E-state index >= 15 is 0 Å². The lowest BCUT2D eigenvalue weighted by Gasteiger charge is -2.33. The molecule has 1 aliphatic heterocycles. The average molecular weight is 360 g/mol. The minimum Gasteiger partial charge on any atom is -0.481 e. The minimum atomic E-state index is -0.957. The zero-order valence-corrected chi connectivity index (χ0v) is 15.5. The van der Waals surface area contributed by atoms with E-state index in [0.717, 1.165) is 30.4 Å². The lowest BCUT2D eigenvalue weighted by Crippen LogP contribution is -2.46. The van der Waals surface area contributed by atoms with E-state index in [4.69, 9.17) is 0 Å². The van der Waals surface area contributed by atoms with Crippen LogP contribution in [0, 0.1) is 12.8 Å². The van der Waals surface area contributed by atoms with Crippen LogP contribution in [0.2, 0.25) is 0 Å². The van der Waals surface area contributed by atoms with Gasteiger partial charge >= 0.3 is 5.97 Å². The van der Waals surface area contributed by atoms with E-state index in [1.54, 1.807) is 4.90 Å². The van der Waals surface area contributed by atoms with Crippen molar-refractivity contribution in [3.05, 3.63) is 35.4 Å². The molecule has 1 aliphatic rings. The van der Waals surface area contributed by atoms with Gasteiger partial charge in [-0.3, -0.25) is 14.4 Å². The van der Waals surface area contributed by atoms with Crippen molar-refractivity contribution in [1.82, 2.24) is 10.2 Å². The Kier molecular flexibility index (Phi) is 7.18. The normalized spacial score (nSPS) is 18.2. The summed E-state index contributed by atoms with van der Waals surface area (Å²) in [5, 5.41) is 12.1. The van der Waals surface area contributed by atoms with Gasteiger partial charge in [-0.2, -0.15) is 0 Å². The number of nitrogens with one attached hydrogen (secondary N) is 1. The summed E-state index contributed by atoms with van der Waals surface area (Å²) >= 11 is 0. The van der Waals surface area contributed by atoms with Crippen molar-refractivity contribution in [3.63, 3.8) is 0 Å². The number of benzene rings is 1. The molecule has 0 aliphatic carbocycles. The van der Waals surface area contributed by atoms with Gasteiger partial charge in [0, 0.05) is 19.5 Å². The molecule has 6 heteroatoms. The van der Waals surface area contributed by atoms with Crippen LogP contribution in [-0.2, 0) is 14.4 Å².